The van der Waals surface area contributed by atoms with Crippen LogP contribution in [0.4, 0.5) is 5.82 Å². The van der Waals surface area contributed by atoms with Gasteiger partial charge in [0.25, 0.3) is 0 Å². The van der Waals surface area contributed by atoms with E-state index in [4.69, 9.17) is 5.26 Å². The Balaban J connectivity index is 1.42. The van der Waals surface area contributed by atoms with Crippen molar-refractivity contribution in [1.82, 2.24) is 9.88 Å². The molecule has 1 saturated heterocycles. The molecule has 2 aromatic rings. The van der Waals surface area contributed by atoms with E-state index < -0.39 is 0 Å². The van der Waals surface area contributed by atoms with Crippen molar-refractivity contribution in [2.24, 2.45) is 5.92 Å². The van der Waals surface area contributed by atoms with E-state index in [1.165, 1.54) is 18.5 Å². The minimum Gasteiger partial charge on any atom is -0.370 e. The molecule has 118 valence electrons. The number of pyridine rings is 1. The first-order chi connectivity index (χ1) is 11.3. The van der Waals surface area contributed by atoms with Crippen molar-refractivity contribution in [3.8, 4) is 6.07 Å². The fraction of sp³-hybridized carbons (Fsp3) is 0.368. The van der Waals surface area contributed by atoms with E-state index in [1.807, 2.05) is 12.1 Å². The zero-order valence-electron chi connectivity index (χ0n) is 13.3. The van der Waals surface area contributed by atoms with Crippen LogP contribution in [0, 0.1) is 17.2 Å². The van der Waals surface area contributed by atoms with Crippen LogP contribution in [0.3, 0.4) is 0 Å². The number of nitrogens with one attached hydrogen (secondary N) is 1. The van der Waals surface area contributed by atoms with E-state index >= 15 is 0 Å². The third kappa shape index (κ3) is 4.54. The highest BCUT2D eigenvalue weighted by atomic mass is 15.1. The van der Waals surface area contributed by atoms with Gasteiger partial charge in [-0.1, -0.05) is 36.4 Å². The van der Waals surface area contributed by atoms with E-state index in [0.29, 0.717) is 11.6 Å². The van der Waals surface area contributed by atoms with E-state index in [1.54, 1.807) is 6.07 Å². The van der Waals surface area contributed by atoms with Crippen LogP contribution < -0.4 is 5.32 Å². The zero-order valence-corrected chi connectivity index (χ0v) is 13.3. The lowest BCUT2D eigenvalue weighted by Gasteiger charge is -2.16. The first-order valence-electron chi connectivity index (χ1n) is 8.21. The van der Waals surface area contributed by atoms with Gasteiger partial charge in [-0.3, -0.25) is 0 Å². The molecule has 3 rings (SSSR count). The maximum Gasteiger partial charge on any atom is 0.142 e. The largest absolute Gasteiger partial charge is 0.370 e. The van der Waals surface area contributed by atoms with Gasteiger partial charge >= 0.3 is 0 Å². The minimum absolute atomic E-state index is 0.464. The average molecular weight is 306 g/mol. The van der Waals surface area contributed by atoms with Crippen molar-refractivity contribution < 1.29 is 0 Å². The first-order valence-corrected chi connectivity index (χ1v) is 8.21. The SMILES string of the molecule is N#Cc1cccc(NCC2CCN(CCc3ccccc3)C2)n1. The Hall–Kier alpha value is -2.38. The van der Waals surface area contributed by atoms with Gasteiger partial charge in [-0.15, -0.1) is 0 Å². The Kier molecular flexibility index (Phi) is 5.23. The Morgan fingerprint density at radius 3 is 2.87 bits per heavy atom. The number of hydrogen-bond donors (Lipinski definition) is 1. The lowest BCUT2D eigenvalue weighted by Crippen LogP contribution is -2.25. The molecule has 1 aromatic carbocycles. The quantitative estimate of drug-likeness (QED) is 0.891. The van der Waals surface area contributed by atoms with Crippen LogP contribution in [0.1, 0.15) is 17.7 Å². The van der Waals surface area contributed by atoms with Gasteiger partial charge in [0, 0.05) is 19.6 Å². The van der Waals surface area contributed by atoms with Crippen LogP contribution in [0.2, 0.25) is 0 Å². The number of hydrogen-bond acceptors (Lipinski definition) is 4. The van der Waals surface area contributed by atoms with Crippen molar-refractivity contribution in [2.75, 3.05) is 31.5 Å². The van der Waals surface area contributed by atoms with Crippen LogP contribution >= 0.6 is 0 Å². The molecule has 1 aromatic heterocycles. The summed E-state index contributed by atoms with van der Waals surface area (Å²) in [5.74, 6) is 1.45. The summed E-state index contributed by atoms with van der Waals surface area (Å²) in [5.41, 5.74) is 1.87. The number of nitrogens with zero attached hydrogens (tertiary/aromatic N) is 3. The standard InChI is InChI=1S/C19H22N4/c20-13-18-7-4-8-19(22-18)21-14-17-10-12-23(15-17)11-9-16-5-2-1-3-6-16/h1-8,17H,9-12,14-15H2,(H,21,22). The molecule has 0 radical (unpaired) electrons. The van der Waals surface area contributed by atoms with Crippen LogP contribution in [-0.2, 0) is 6.42 Å². The monoisotopic (exact) mass is 306 g/mol. The molecule has 0 bridgehead atoms. The summed E-state index contributed by atoms with van der Waals surface area (Å²) in [7, 11) is 0. The maximum atomic E-state index is 8.88. The van der Waals surface area contributed by atoms with E-state index in [9.17, 15) is 0 Å². The second-order valence-electron chi connectivity index (χ2n) is 6.09. The summed E-state index contributed by atoms with van der Waals surface area (Å²) in [6.07, 6.45) is 2.34. The van der Waals surface area contributed by atoms with Crippen molar-refractivity contribution >= 4 is 5.82 Å². The molecule has 0 spiro atoms. The molecular formula is C19H22N4. The smallest absolute Gasteiger partial charge is 0.142 e. The normalized spacial score (nSPS) is 17.8. The fourth-order valence-electron chi connectivity index (χ4n) is 3.06. The molecule has 0 saturated carbocycles. The Morgan fingerprint density at radius 2 is 2.04 bits per heavy atom. The summed E-state index contributed by atoms with van der Waals surface area (Å²) in [6.45, 7) is 4.36. The Morgan fingerprint density at radius 1 is 1.17 bits per heavy atom. The predicted octanol–water partition coefficient (Wildman–Crippen LogP) is 2.93. The summed E-state index contributed by atoms with van der Waals surface area (Å²) < 4.78 is 0. The van der Waals surface area contributed by atoms with Crippen LogP contribution in [-0.4, -0.2) is 36.1 Å². The third-order valence-corrected chi connectivity index (χ3v) is 4.37. The molecule has 23 heavy (non-hydrogen) atoms. The summed E-state index contributed by atoms with van der Waals surface area (Å²) >= 11 is 0. The predicted molar refractivity (Wildman–Crippen MR) is 92.1 cm³/mol. The number of nitriles is 1. The van der Waals surface area contributed by atoms with Gasteiger partial charge in [0.05, 0.1) is 0 Å². The molecule has 1 fully saturated rings. The number of rotatable bonds is 6. The Labute approximate surface area is 137 Å². The van der Waals surface area contributed by atoms with Gasteiger partial charge in [-0.2, -0.15) is 5.26 Å². The molecule has 1 N–H and O–H groups in total. The molecule has 1 unspecified atom stereocenters. The van der Waals surface area contributed by atoms with E-state index in [-0.39, 0.29) is 0 Å². The van der Waals surface area contributed by atoms with Crippen molar-refractivity contribution in [2.45, 2.75) is 12.8 Å². The van der Waals surface area contributed by atoms with Gasteiger partial charge in [-0.05, 0) is 43.0 Å². The summed E-state index contributed by atoms with van der Waals surface area (Å²) in [6, 6.07) is 18.3. The highest BCUT2D eigenvalue weighted by Gasteiger charge is 2.21. The highest BCUT2D eigenvalue weighted by Crippen LogP contribution is 2.17. The lowest BCUT2D eigenvalue weighted by molar-refractivity contribution is 0.330. The van der Waals surface area contributed by atoms with E-state index in [2.05, 4.69) is 51.6 Å². The molecule has 0 amide bonds. The second kappa shape index (κ2) is 7.75. The lowest BCUT2D eigenvalue weighted by atomic mass is 10.1. The molecule has 1 aliphatic rings. The number of aromatic nitrogens is 1. The van der Waals surface area contributed by atoms with Gasteiger partial charge in [0.15, 0.2) is 0 Å². The van der Waals surface area contributed by atoms with Crippen molar-refractivity contribution in [3.05, 3.63) is 59.8 Å². The number of anilines is 1. The zero-order chi connectivity index (χ0) is 15.9. The molecular weight excluding hydrogens is 284 g/mol. The van der Waals surface area contributed by atoms with Gasteiger partial charge in [0.2, 0.25) is 0 Å². The van der Waals surface area contributed by atoms with Gasteiger partial charge in [-0.25, -0.2) is 4.98 Å². The number of likely N-dealkylation sites (tertiary alicyclic amines) is 1. The summed E-state index contributed by atoms with van der Waals surface area (Å²) in [4.78, 5) is 6.80. The topological polar surface area (TPSA) is 52.0 Å². The molecule has 0 aliphatic carbocycles. The first kappa shape index (κ1) is 15.5. The van der Waals surface area contributed by atoms with Crippen LogP contribution in [0.25, 0.3) is 0 Å². The summed E-state index contributed by atoms with van der Waals surface area (Å²) in [5, 5.41) is 12.2. The fourth-order valence-corrected chi connectivity index (χ4v) is 3.06. The minimum atomic E-state index is 0.464. The molecule has 2 heterocycles. The third-order valence-electron chi connectivity index (χ3n) is 4.37. The van der Waals surface area contributed by atoms with Crippen LogP contribution in [0.15, 0.2) is 48.5 Å². The van der Waals surface area contributed by atoms with Crippen LogP contribution in [0.5, 0.6) is 0 Å². The highest BCUT2D eigenvalue weighted by molar-refractivity contribution is 5.38. The Bertz CT molecular complexity index is 663. The maximum absolute atomic E-state index is 8.88. The van der Waals surface area contributed by atoms with Gasteiger partial charge in [0.1, 0.15) is 17.6 Å². The second-order valence-corrected chi connectivity index (χ2v) is 6.09. The van der Waals surface area contributed by atoms with E-state index in [0.717, 1.165) is 31.9 Å². The number of benzene rings is 1. The van der Waals surface area contributed by atoms with Crippen molar-refractivity contribution in [1.29, 1.82) is 5.26 Å². The van der Waals surface area contributed by atoms with Crippen molar-refractivity contribution in [3.63, 3.8) is 0 Å². The molecule has 4 heteroatoms. The van der Waals surface area contributed by atoms with Gasteiger partial charge < -0.3 is 10.2 Å². The average Bonchev–Trinajstić information content (AvgIpc) is 3.07. The molecule has 4 nitrogen and oxygen atoms in total. The molecule has 1 aliphatic heterocycles. The molecule has 1 atom stereocenters.